The Morgan fingerprint density at radius 2 is 2.19 bits per heavy atom. The van der Waals surface area contributed by atoms with Crippen molar-refractivity contribution in [1.82, 2.24) is 9.38 Å². The highest BCUT2D eigenvalue weighted by atomic mass is 35.5. The second-order valence-corrected chi connectivity index (χ2v) is 9.02. The molecule has 0 fully saturated rings. The Bertz CT molecular complexity index is 1340. The SMILES string of the molecule is CC(C)N(c1nc2cc(F)ccc2o1)C1CCc2c(CC(=O)O)c3ccc(Cl)cn3c2C1. The fourth-order valence-electron chi connectivity index (χ4n) is 4.95. The molecule has 1 atom stereocenters. The van der Waals surface area contributed by atoms with E-state index in [9.17, 15) is 14.3 Å². The number of hydrogen-bond acceptors (Lipinski definition) is 4. The normalized spacial score (nSPS) is 16.1. The van der Waals surface area contributed by atoms with E-state index in [1.54, 1.807) is 12.1 Å². The van der Waals surface area contributed by atoms with Gasteiger partial charge in [-0.05, 0) is 62.1 Å². The number of rotatable bonds is 5. The molecular weight excluding hydrogens is 433 g/mol. The fraction of sp³-hybridized carbons (Fsp3) is 0.333. The average Bonchev–Trinajstić information content (AvgIpc) is 3.26. The summed E-state index contributed by atoms with van der Waals surface area (Å²) < 4.78 is 21.7. The summed E-state index contributed by atoms with van der Waals surface area (Å²) in [6, 6.07) is 8.69. The summed E-state index contributed by atoms with van der Waals surface area (Å²) in [5.41, 5.74) is 4.95. The summed E-state index contributed by atoms with van der Waals surface area (Å²) in [5, 5.41) is 10.1. The smallest absolute Gasteiger partial charge is 0.307 e. The Balaban J connectivity index is 1.57. The summed E-state index contributed by atoms with van der Waals surface area (Å²) in [6.45, 7) is 4.15. The van der Waals surface area contributed by atoms with Crippen LogP contribution >= 0.6 is 11.6 Å². The zero-order chi connectivity index (χ0) is 22.6. The van der Waals surface area contributed by atoms with Crippen LogP contribution in [0.1, 0.15) is 37.1 Å². The fourth-order valence-corrected chi connectivity index (χ4v) is 5.12. The number of aromatic nitrogens is 2. The molecule has 166 valence electrons. The second-order valence-electron chi connectivity index (χ2n) is 8.58. The van der Waals surface area contributed by atoms with Crippen molar-refractivity contribution in [2.75, 3.05) is 4.90 Å². The van der Waals surface area contributed by atoms with E-state index in [4.69, 9.17) is 16.0 Å². The first-order valence-corrected chi connectivity index (χ1v) is 11.1. The summed E-state index contributed by atoms with van der Waals surface area (Å²) in [5.74, 6) is -1.20. The van der Waals surface area contributed by atoms with Crippen molar-refractivity contribution < 1.29 is 18.7 Å². The lowest BCUT2D eigenvalue weighted by molar-refractivity contribution is -0.136. The number of halogens is 2. The minimum atomic E-state index is -0.847. The number of hydrogen-bond donors (Lipinski definition) is 1. The van der Waals surface area contributed by atoms with Crippen LogP contribution in [0, 0.1) is 5.82 Å². The molecule has 3 heterocycles. The van der Waals surface area contributed by atoms with Gasteiger partial charge in [-0.3, -0.25) is 4.79 Å². The Morgan fingerprint density at radius 1 is 1.38 bits per heavy atom. The number of nitrogens with zero attached hydrogens (tertiary/aromatic N) is 3. The average molecular weight is 456 g/mol. The first-order valence-electron chi connectivity index (χ1n) is 10.7. The lowest BCUT2D eigenvalue weighted by Crippen LogP contribution is -2.44. The molecule has 0 spiro atoms. The van der Waals surface area contributed by atoms with E-state index in [0.29, 0.717) is 28.6 Å². The van der Waals surface area contributed by atoms with E-state index in [1.807, 2.05) is 16.7 Å². The molecule has 32 heavy (non-hydrogen) atoms. The maximum Gasteiger partial charge on any atom is 0.307 e. The van der Waals surface area contributed by atoms with Crippen molar-refractivity contribution in [1.29, 1.82) is 0 Å². The molecule has 0 aliphatic heterocycles. The Labute approximate surface area is 189 Å². The lowest BCUT2D eigenvalue weighted by Gasteiger charge is -2.36. The number of carboxylic acids is 1. The number of pyridine rings is 1. The minimum Gasteiger partial charge on any atom is -0.481 e. The molecule has 0 saturated carbocycles. The van der Waals surface area contributed by atoms with Crippen LogP contribution in [0.3, 0.4) is 0 Å². The third-order valence-corrected chi connectivity index (χ3v) is 6.44. The van der Waals surface area contributed by atoms with Gasteiger partial charge in [-0.15, -0.1) is 0 Å². The number of oxazole rings is 1. The van der Waals surface area contributed by atoms with Gasteiger partial charge < -0.3 is 18.8 Å². The van der Waals surface area contributed by atoms with Gasteiger partial charge in [-0.25, -0.2) is 4.39 Å². The number of aliphatic carboxylic acids is 1. The van der Waals surface area contributed by atoms with E-state index in [2.05, 4.69) is 23.7 Å². The van der Waals surface area contributed by atoms with Gasteiger partial charge in [0.05, 0.1) is 11.4 Å². The van der Waals surface area contributed by atoms with E-state index < -0.39 is 5.97 Å². The zero-order valence-corrected chi connectivity index (χ0v) is 18.6. The maximum absolute atomic E-state index is 13.6. The highest BCUT2D eigenvalue weighted by Gasteiger charge is 2.33. The topological polar surface area (TPSA) is 71.0 Å². The molecule has 8 heteroatoms. The monoisotopic (exact) mass is 455 g/mol. The number of fused-ring (bicyclic) bond motifs is 4. The van der Waals surface area contributed by atoms with Crippen molar-refractivity contribution in [3.05, 3.63) is 64.2 Å². The molecule has 4 aromatic rings. The molecule has 0 radical (unpaired) electrons. The molecule has 3 aromatic heterocycles. The van der Waals surface area contributed by atoms with Crippen molar-refractivity contribution in [2.24, 2.45) is 0 Å². The molecule has 5 rings (SSSR count). The molecule has 1 aromatic carbocycles. The van der Waals surface area contributed by atoms with Crippen LogP contribution in [-0.4, -0.2) is 32.5 Å². The van der Waals surface area contributed by atoms with Crippen LogP contribution in [0.2, 0.25) is 5.02 Å². The van der Waals surface area contributed by atoms with Gasteiger partial charge in [0.2, 0.25) is 0 Å². The molecule has 1 unspecified atom stereocenters. The number of benzene rings is 1. The summed E-state index contributed by atoms with van der Waals surface area (Å²) >= 11 is 6.28. The van der Waals surface area contributed by atoms with Crippen LogP contribution in [0.5, 0.6) is 0 Å². The van der Waals surface area contributed by atoms with Crippen molar-refractivity contribution in [3.8, 4) is 0 Å². The molecule has 6 nitrogen and oxygen atoms in total. The highest BCUT2D eigenvalue weighted by molar-refractivity contribution is 6.30. The second kappa shape index (κ2) is 7.81. The molecule has 0 saturated heterocycles. The van der Waals surface area contributed by atoms with E-state index >= 15 is 0 Å². The standard InChI is InChI=1S/C24H23ClFN3O3/c1-13(2)29(24-27-19-9-15(26)4-8-22(19)32-24)16-5-6-17-18(11-23(30)31)20-7-3-14(25)12-28(20)21(17)10-16/h3-4,7-9,12-13,16H,5-6,10-11H2,1-2H3,(H,30,31). The zero-order valence-electron chi connectivity index (χ0n) is 17.8. The van der Waals surface area contributed by atoms with Crippen molar-refractivity contribution in [2.45, 2.75) is 51.6 Å². The third-order valence-electron chi connectivity index (χ3n) is 6.22. The van der Waals surface area contributed by atoms with E-state index in [-0.39, 0.29) is 24.3 Å². The summed E-state index contributed by atoms with van der Waals surface area (Å²) in [7, 11) is 0. The largest absolute Gasteiger partial charge is 0.481 e. The summed E-state index contributed by atoms with van der Waals surface area (Å²) in [4.78, 5) is 18.2. The first-order chi connectivity index (χ1) is 15.3. The Hall–Kier alpha value is -3.06. The van der Waals surface area contributed by atoms with Gasteiger partial charge >= 0.3 is 5.97 Å². The number of carbonyl (C=O) groups is 1. The molecule has 1 N–H and O–H groups in total. The van der Waals surface area contributed by atoms with Crippen LogP contribution in [0.4, 0.5) is 10.4 Å². The van der Waals surface area contributed by atoms with Crippen LogP contribution in [0.25, 0.3) is 16.6 Å². The molecular formula is C24H23ClFN3O3. The lowest BCUT2D eigenvalue weighted by atomic mass is 9.89. The molecule has 0 amide bonds. The Morgan fingerprint density at radius 3 is 2.94 bits per heavy atom. The van der Waals surface area contributed by atoms with Gasteiger partial charge in [-0.2, -0.15) is 4.98 Å². The molecule has 1 aliphatic rings. The Kier molecular flexibility index (Phi) is 5.08. The van der Waals surface area contributed by atoms with Gasteiger partial charge in [0.1, 0.15) is 11.3 Å². The van der Waals surface area contributed by atoms with E-state index in [0.717, 1.165) is 35.2 Å². The highest BCUT2D eigenvalue weighted by Crippen LogP contribution is 2.36. The predicted octanol–water partition coefficient (Wildman–Crippen LogP) is 5.27. The van der Waals surface area contributed by atoms with Gasteiger partial charge in [0.25, 0.3) is 6.01 Å². The van der Waals surface area contributed by atoms with Gasteiger partial charge in [-0.1, -0.05) is 11.6 Å². The van der Waals surface area contributed by atoms with Crippen LogP contribution in [0.15, 0.2) is 40.9 Å². The third kappa shape index (κ3) is 3.50. The van der Waals surface area contributed by atoms with E-state index in [1.165, 1.54) is 12.1 Å². The first kappa shape index (κ1) is 20.8. The molecule has 1 aliphatic carbocycles. The van der Waals surface area contributed by atoms with Crippen LogP contribution in [-0.2, 0) is 24.1 Å². The van der Waals surface area contributed by atoms with Crippen molar-refractivity contribution >= 4 is 40.2 Å². The predicted molar refractivity (Wildman–Crippen MR) is 121 cm³/mol. The maximum atomic E-state index is 13.6. The van der Waals surface area contributed by atoms with Crippen molar-refractivity contribution in [3.63, 3.8) is 0 Å². The van der Waals surface area contributed by atoms with Crippen LogP contribution < -0.4 is 4.90 Å². The van der Waals surface area contributed by atoms with Gasteiger partial charge in [0.15, 0.2) is 5.58 Å². The number of carboxylic acid groups (broad SMARTS) is 1. The summed E-state index contributed by atoms with van der Waals surface area (Å²) in [6.07, 6.45) is 4.11. The number of anilines is 1. The minimum absolute atomic E-state index is 0.0181. The quantitative estimate of drug-likeness (QED) is 0.443. The van der Waals surface area contributed by atoms with Gasteiger partial charge in [0, 0.05) is 42.0 Å². The molecule has 0 bridgehead atoms.